The first-order valence-electron chi connectivity index (χ1n) is 12.1. The molecule has 0 amide bonds. The lowest BCUT2D eigenvalue weighted by Crippen LogP contribution is -1.92. The number of aromatic nitrogens is 2. The Labute approximate surface area is 204 Å². The summed E-state index contributed by atoms with van der Waals surface area (Å²) >= 11 is 0. The highest BCUT2D eigenvalue weighted by Gasteiger charge is 2.18. The molecule has 7 rings (SSSR count). The number of nitrogens with zero attached hydrogens (tertiary/aromatic N) is 2. The molecule has 2 aromatic heterocycles. The van der Waals surface area contributed by atoms with Gasteiger partial charge in [-0.15, -0.1) is 0 Å². The molecule has 2 heteroatoms. The van der Waals surface area contributed by atoms with E-state index in [0.29, 0.717) is 0 Å². The van der Waals surface area contributed by atoms with Crippen LogP contribution in [0.2, 0.25) is 0 Å². The molecule has 0 bridgehead atoms. The molecule has 0 aliphatic heterocycles. The van der Waals surface area contributed by atoms with Crippen LogP contribution in [0.5, 0.6) is 0 Å². The first kappa shape index (κ1) is 20.0. The van der Waals surface area contributed by atoms with E-state index in [1.165, 1.54) is 49.0 Å². The van der Waals surface area contributed by atoms with E-state index in [1.54, 1.807) is 0 Å². The molecule has 0 aliphatic rings. The van der Waals surface area contributed by atoms with Crippen molar-refractivity contribution in [2.24, 2.45) is 0 Å². The summed E-state index contributed by atoms with van der Waals surface area (Å²) < 4.78 is 2.28. The average molecular weight is 449 g/mol. The fourth-order valence-corrected chi connectivity index (χ4v) is 5.33. The van der Waals surface area contributed by atoms with Crippen LogP contribution in [-0.2, 0) is 0 Å². The van der Waals surface area contributed by atoms with Gasteiger partial charge in [-0.2, -0.15) is 0 Å². The van der Waals surface area contributed by atoms with Crippen molar-refractivity contribution in [3.8, 4) is 22.5 Å². The second kappa shape index (κ2) is 7.54. The molecule has 166 valence electrons. The van der Waals surface area contributed by atoms with Gasteiger partial charge in [0.2, 0.25) is 0 Å². The number of hydrogen-bond donors (Lipinski definition) is 0. The Balaban J connectivity index is 1.66. The predicted molar refractivity (Wildman–Crippen MR) is 148 cm³/mol. The molecule has 0 atom stereocenters. The summed E-state index contributed by atoms with van der Waals surface area (Å²) in [4.78, 5) is 5.21. The molecule has 5 aromatic carbocycles. The minimum atomic E-state index is 0.962. The Morgan fingerprint density at radius 2 is 1.00 bits per heavy atom. The van der Waals surface area contributed by atoms with E-state index < -0.39 is 0 Å². The van der Waals surface area contributed by atoms with E-state index in [2.05, 4.69) is 128 Å². The van der Waals surface area contributed by atoms with Crippen molar-refractivity contribution in [3.05, 3.63) is 120 Å². The van der Waals surface area contributed by atoms with Gasteiger partial charge in [0.25, 0.3) is 0 Å². The Morgan fingerprint density at radius 1 is 0.514 bits per heavy atom. The van der Waals surface area contributed by atoms with Crippen LogP contribution >= 0.6 is 0 Å². The first-order valence-corrected chi connectivity index (χ1v) is 12.1. The number of aryl methyl sites for hydroxylation is 2. The first-order chi connectivity index (χ1) is 17.2. The lowest BCUT2D eigenvalue weighted by atomic mass is 9.95. The van der Waals surface area contributed by atoms with Gasteiger partial charge in [-0.25, -0.2) is 4.98 Å². The molecule has 0 fully saturated rings. The zero-order valence-corrected chi connectivity index (χ0v) is 19.8. The highest BCUT2D eigenvalue weighted by atomic mass is 15.0. The van der Waals surface area contributed by atoms with Gasteiger partial charge < -0.3 is 0 Å². The quantitative estimate of drug-likeness (QED) is 0.242. The van der Waals surface area contributed by atoms with Gasteiger partial charge in [-0.1, -0.05) is 108 Å². The largest absolute Gasteiger partial charge is 0.298 e. The summed E-state index contributed by atoms with van der Waals surface area (Å²) in [6.07, 6.45) is 2.29. The van der Waals surface area contributed by atoms with Crippen molar-refractivity contribution in [1.29, 1.82) is 0 Å². The van der Waals surface area contributed by atoms with Crippen molar-refractivity contribution in [1.82, 2.24) is 9.38 Å². The van der Waals surface area contributed by atoms with Crippen LogP contribution in [0.15, 0.2) is 109 Å². The maximum atomic E-state index is 5.21. The van der Waals surface area contributed by atoms with E-state index in [9.17, 15) is 0 Å². The third-order valence-electron chi connectivity index (χ3n) is 7.13. The summed E-state index contributed by atoms with van der Waals surface area (Å²) in [5.74, 6) is 0. The number of benzene rings is 5. The Bertz CT molecular complexity index is 1890. The van der Waals surface area contributed by atoms with E-state index in [0.717, 1.165) is 22.6 Å². The molecular formula is C33H24N2. The van der Waals surface area contributed by atoms with Crippen molar-refractivity contribution in [2.45, 2.75) is 13.8 Å². The summed E-state index contributed by atoms with van der Waals surface area (Å²) in [7, 11) is 0. The van der Waals surface area contributed by atoms with Gasteiger partial charge in [0, 0.05) is 22.7 Å². The fourth-order valence-electron chi connectivity index (χ4n) is 5.33. The van der Waals surface area contributed by atoms with E-state index >= 15 is 0 Å². The number of imidazole rings is 1. The summed E-state index contributed by atoms with van der Waals surface area (Å²) in [6, 6.07) is 37.1. The standard InChI is InChI=1S/C33H24N2/c1-21-11-15-23(16-12-21)32-33(24-17-13-22(2)14-18-24)35-20-30-28-10-6-4-8-26(28)25-7-3-5-9-27(25)29(30)19-31(35)34-32/h3-20H,1-2H3. The van der Waals surface area contributed by atoms with Gasteiger partial charge in [0.1, 0.15) is 5.65 Å². The molecule has 0 radical (unpaired) electrons. The second-order valence-electron chi connectivity index (χ2n) is 9.46. The molecule has 7 aromatic rings. The van der Waals surface area contributed by atoms with Crippen LogP contribution in [0.1, 0.15) is 11.1 Å². The molecule has 0 saturated heterocycles. The maximum Gasteiger partial charge on any atom is 0.138 e. The number of fused-ring (bicyclic) bond motifs is 7. The number of rotatable bonds is 2. The monoisotopic (exact) mass is 448 g/mol. The predicted octanol–water partition coefficient (Wildman–Crippen LogP) is 8.74. The molecule has 0 aliphatic carbocycles. The number of hydrogen-bond acceptors (Lipinski definition) is 1. The zero-order chi connectivity index (χ0) is 23.5. The van der Waals surface area contributed by atoms with Crippen molar-refractivity contribution >= 4 is 38.0 Å². The molecule has 2 nitrogen and oxygen atoms in total. The van der Waals surface area contributed by atoms with Crippen molar-refractivity contribution in [2.75, 3.05) is 0 Å². The molecular weight excluding hydrogens is 424 g/mol. The summed E-state index contributed by atoms with van der Waals surface area (Å²) in [5.41, 5.74) is 7.90. The Morgan fingerprint density at radius 3 is 1.57 bits per heavy atom. The Kier molecular flexibility index (Phi) is 4.31. The molecule has 35 heavy (non-hydrogen) atoms. The van der Waals surface area contributed by atoms with E-state index in [4.69, 9.17) is 4.98 Å². The van der Waals surface area contributed by atoms with Gasteiger partial charge >= 0.3 is 0 Å². The second-order valence-corrected chi connectivity index (χ2v) is 9.46. The molecule has 2 heterocycles. The van der Waals surface area contributed by atoms with Gasteiger partial charge in [0.05, 0.1) is 11.4 Å². The van der Waals surface area contributed by atoms with E-state index in [-0.39, 0.29) is 0 Å². The molecule has 0 saturated carbocycles. The van der Waals surface area contributed by atoms with Crippen molar-refractivity contribution < 1.29 is 0 Å². The van der Waals surface area contributed by atoms with Gasteiger partial charge in [-0.3, -0.25) is 4.40 Å². The highest BCUT2D eigenvalue weighted by Crippen LogP contribution is 2.39. The molecule has 0 spiro atoms. The van der Waals surface area contributed by atoms with Crippen LogP contribution in [0.4, 0.5) is 0 Å². The normalized spacial score (nSPS) is 11.7. The Hall–Kier alpha value is -4.43. The highest BCUT2D eigenvalue weighted by molar-refractivity contribution is 6.25. The van der Waals surface area contributed by atoms with Gasteiger partial charge in [-0.05, 0) is 46.8 Å². The van der Waals surface area contributed by atoms with E-state index in [1.807, 2.05) is 0 Å². The average Bonchev–Trinajstić information content (AvgIpc) is 3.27. The fraction of sp³-hybridized carbons (Fsp3) is 0.0606. The third-order valence-corrected chi connectivity index (χ3v) is 7.13. The number of pyridine rings is 1. The topological polar surface area (TPSA) is 17.3 Å². The minimum Gasteiger partial charge on any atom is -0.298 e. The van der Waals surface area contributed by atoms with Crippen LogP contribution in [-0.4, -0.2) is 9.38 Å². The lowest BCUT2D eigenvalue weighted by Gasteiger charge is -2.12. The van der Waals surface area contributed by atoms with Crippen LogP contribution in [0.3, 0.4) is 0 Å². The zero-order valence-electron chi connectivity index (χ0n) is 19.8. The summed E-state index contributed by atoms with van der Waals surface area (Å²) in [5, 5.41) is 7.58. The van der Waals surface area contributed by atoms with Crippen molar-refractivity contribution in [3.63, 3.8) is 0 Å². The minimum absolute atomic E-state index is 0.962. The lowest BCUT2D eigenvalue weighted by molar-refractivity contribution is 1.21. The SMILES string of the molecule is Cc1ccc(-c2nc3cc4c5ccccc5c5ccccc5c4cn3c2-c2ccc(C)cc2)cc1. The molecule has 0 N–H and O–H groups in total. The van der Waals surface area contributed by atoms with Crippen LogP contribution < -0.4 is 0 Å². The third kappa shape index (κ3) is 3.07. The smallest absolute Gasteiger partial charge is 0.138 e. The maximum absolute atomic E-state index is 5.21. The molecule has 0 unspecified atom stereocenters. The van der Waals surface area contributed by atoms with Crippen LogP contribution in [0, 0.1) is 13.8 Å². The summed E-state index contributed by atoms with van der Waals surface area (Å²) in [6.45, 7) is 4.25. The van der Waals surface area contributed by atoms with Crippen LogP contribution in [0.25, 0.3) is 60.5 Å². The van der Waals surface area contributed by atoms with Gasteiger partial charge in [0.15, 0.2) is 0 Å².